The van der Waals surface area contributed by atoms with E-state index in [9.17, 15) is 4.79 Å². The lowest BCUT2D eigenvalue weighted by Crippen LogP contribution is -2.44. The van der Waals surface area contributed by atoms with Gasteiger partial charge in [0.2, 0.25) is 5.91 Å². The number of thioether (sulfide) groups is 1. The van der Waals surface area contributed by atoms with Crippen LogP contribution in [0.1, 0.15) is 25.2 Å². The molecule has 2 N–H and O–H groups in total. The van der Waals surface area contributed by atoms with Crippen LogP contribution in [0, 0.1) is 24.7 Å². The van der Waals surface area contributed by atoms with Gasteiger partial charge in [-0.2, -0.15) is 0 Å². The first-order chi connectivity index (χ1) is 11.4. The summed E-state index contributed by atoms with van der Waals surface area (Å²) in [6, 6.07) is 4.14. The van der Waals surface area contributed by atoms with Gasteiger partial charge < -0.3 is 15.0 Å². The molecule has 3 heterocycles. The van der Waals surface area contributed by atoms with Gasteiger partial charge in [0.05, 0.1) is 11.1 Å². The molecule has 2 atom stereocenters. The third kappa shape index (κ3) is 2.35. The van der Waals surface area contributed by atoms with Gasteiger partial charge in [-0.25, -0.2) is 4.98 Å². The molecule has 128 valence electrons. The summed E-state index contributed by atoms with van der Waals surface area (Å²) in [4.78, 5) is 17.6. The molecule has 4 rings (SSSR count). The predicted molar refractivity (Wildman–Crippen MR) is 96.2 cm³/mol. The lowest BCUT2D eigenvalue weighted by molar-refractivity contribution is -0.124. The summed E-state index contributed by atoms with van der Waals surface area (Å²) >= 11 is 1.65. The molecule has 0 bridgehead atoms. The van der Waals surface area contributed by atoms with Crippen LogP contribution < -0.4 is 10.6 Å². The fourth-order valence-corrected chi connectivity index (χ4v) is 4.74. The number of amides is 1. The molecular weight excluding hydrogens is 320 g/mol. The maximum absolute atomic E-state index is 12.7. The summed E-state index contributed by atoms with van der Waals surface area (Å²) in [5.74, 6) is 2.30. The average Bonchev–Trinajstić information content (AvgIpc) is 2.88. The SMILES string of the molecule is CSc1nc(C(C)(C)NC(=O)C2C3CNCC32)n2cccc(C)c12. The van der Waals surface area contributed by atoms with Crippen LogP contribution in [0.3, 0.4) is 0 Å². The minimum atomic E-state index is -0.508. The Morgan fingerprint density at radius 1 is 1.42 bits per heavy atom. The number of nitrogens with zero attached hydrogens (tertiary/aromatic N) is 2. The average molecular weight is 344 g/mol. The molecular formula is C18H24N4OS. The predicted octanol–water partition coefficient (Wildman–Crippen LogP) is 2.18. The number of rotatable bonds is 4. The zero-order valence-electron chi connectivity index (χ0n) is 14.6. The summed E-state index contributed by atoms with van der Waals surface area (Å²) < 4.78 is 2.12. The van der Waals surface area contributed by atoms with E-state index < -0.39 is 5.54 Å². The van der Waals surface area contributed by atoms with Crippen molar-refractivity contribution in [2.45, 2.75) is 31.3 Å². The molecule has 5 nitrogen and oxygen atoms in total. The zero-order valence-corrected chi connectivity index (χ0v) is 15.4. The van der Waals surface area contributed by atoms with Crippen LogP contribution >= 0.6 is 11.8 Å². The number of imidazole rings is 1. The highest BCUT2D eigenvalue weighted by Gasteiger charge is 2.57. The van der Waals surface area contributed by atoms with Crippen LogP contribution in [-0.2, 0) is 10.3 Å². The van der Waals surface area contributed by atoms with Crippen molar-refractivity contribution >= 4 is 23.2 Å². The number of pyridine rings is 1. The van der Waals surface area contributed by atoms with Gasteiger partial charge in [0.15, 0.2) is 0 Å². The number of piperidine rings is 1. The second-order valence-corrected chi connectivity index (χ2v) is 8.28. The smallest absolute Gasteiger partial charge is 0.224 e. The monoisotopic (exact) mass is 344 g/mol. The van der Waals surface area contributed by atoms with Crippen molar-refractivity contribution in [3.05, 3.63) is 29.7 Å². The van der Waals surface area contributed by atoms with E-state index in [1.807, 2.05) is 32.4 Å². The molecule has 1 aliphatic carbocycles. The van der Waals surface area contributed by atoms with Gasteiger partial charge in [0.25, 0.3) is 0 Å². The number of carbonyl (C=O) groups is 1. The molecule has 2 aromatic rings. The highest BCUT2D eigenvalue weighted by Crippen LogP contribution is 2.49. The topological polar surface area (TPSA) is 58.4 Å². The number of hydrogen-bond donors (Lipinski definition) is 2. The molecule has 0 aromatic carbocycles. The summed E-state index contributed by atoms with van der Waals surface area (Å²) in [6.07, 6.45) is 4.08. The zero-order chi connectivity index (χ0) is 17.1. The Hall–Kier alpha value is -1.53. The van der Waals surface area contributed by atoms with Crippen molar-refractivity contribution in [3.63, 3.8) is 0 Å². The van der Waals surface area contributed by atoms with Crippen LogP contribution in [-0.4, -0.2) is 34.6 Å². The number of nitrogens with one attached hydrogen (secondary N) is 2. The van der Waals surface area contributed by atoms with Gasteiger partial charge in [-0.3, -0.25) is 4.79 Å². The third-order valence-corrected chi connectivity index (χ3v) is 6.09. The van der Waals surface area contributed by atoms with Crippen molar-refractivity contribution in [3.8, 4) is 0 Å². The minimum Gasteiger partial charge on any atom is -0.344 e. The molecule has 2 unspecified atom stereocenters. The first-order valence-corrected chi connectivity index (χ1v) is 9.71. The molecule has 1 saturated carbocycles. The normalized spacial score (nSPS) is 25.8. The maximum Gasteiger partial charge on any atom is 0.224 e. The van der Waals surface area contributed by atoms with Gasteiger partial charge >= 0.3 is 0 Å². The highest BCUT2D eigenvalue weighted by atomic mass is 32.2. The standard InChI is InChI=1S/C18H24N4OS/c1-10-6-5-7-22-14(10)16(24-4)20-17(22)18(2,3)21-15(23)13-11-8-19-9-12(11)13/h5-7,11-13,19H,8-9H2,1-4H3,(H,21,23). The molecule has 2 fully saturated rings. The maximum atomic E-state index is 12.7. The molecule has 6 heteroatoms. The Labute approximate surface area is 146 Å². The highest BCUT2D eigenvalue weighted by molar-refractivity contribution is 7.98. The molecule has 24 heavy (non-hydrogen) atoms. The van der Waals surface area contributed by atoms with Gasteiger partial charge in [-0.1, -0.05) is 6.07 Å². The van der Waals surface area contributed by atoms with Crippen molar-refractivity contribution in [1.82, 2.24) is 20.0 Å². The Bertz CT molecular complexity index is 803. The van der Waals surface area contributed by atoms with Crippen LogP contribution in [0.4, 0.5) is 0 Å². The summed E-state index contributed by atoms with van der Waals surface area (Å²) in [5, 5.41) is 7.61. The molecule has 2 aromatic heterocycles. The van der Waals surface area contributed by atoms with Gasteiger partial charge in [-0.05, 0) is 63.6 Å². The quantitative estimate of drug-likeness (QED) is 0.835. The van der Waals surface area contributed by atoms with Gasteiger partial charge in [0, 0.05) is 12.1 Å². The van der Waals surface area contributed by atoms with E-state index in [2.05, 4.69) is 28.0 Å². The second kappa shape index (κ2) is 5.49. The van der Waals surface area contributed by atoms with E-state index in [0.717, 1.165) is 29.5 Å². The van der Waals surface area contributed by atoms with Crippen molar-refractivity contribution in [2.75, 3.05) is 19.3 Å². The Morgan fingerprint density at radius 3 is 2.79 bits per heavy atom. The van der Waals surface area contributed by atoms with Crippen LogP contribution in [0.2, 0.25) is 0 Å². The molecule has 2 aliphatic rings. The first kappa shape index (κ1) is 16.0. The lowest BCUT2D eigenvalue weighted by Gasteiger charge is -2.25. The molecule has 0 spiro atoms. The number of carbonyl (C=O) groups excluding carboxylic acids is 1. The van der Waals surface area contributed by atoms with Crippen LogP contribution in [0.15, 0.2) is 23.4 Å². The fourth-order valence-electron chi connectivity index (χ4n) is 4.11. The minimum absolute atomic E-state index is 0.173. The summed E-state index contributed by atoms with van der Waals surface area (Å²) in [7, 11) is 0. The van der Waals surface area contributed by atoms with Crippen LogP contribution in [0.25, 0.3) is 5.52 Å². The number of aromatic nitrogens is 2. The molecule has 0 radical (unpaired) electrons. The van der Waals surface area contributed by atoms with E-state index in [1.54, 1.807) is 11.8 Å². The Kier molecular flexibility index (Phi) is 3.65. The second-order valence-electron chi connectivity index (χ2n) is 7.48. The van der Waals surface area contributed by atoms with E-state index in [1.165, 1.54) is 5.56 Å². The van der Waals surface area contributed by atoms with E-state index in [-0.39, 0.29) is 11.8 Å². The van der Waals surface area contributed by atoms with Gasteiger partial charge in [-0.15, -0.1) is 11.8 Å². The van der Waals surface area contributed by atoms with Crippen LogP contribution in [0.5, 0.6) is 0 Å². The van der Waals surface area contributed by atoms with Gasteiger partial charge in [0.1, 0.15) is 10.9 Å². The molecule has 1 amide bonds. The largest absolute Gasteiger partial charge is 0.344 e. The lowest BCUT2D eigenvalue weighted by atomic mass is 10.0. The van der Waals surface area contributed by atoms with E-state index in [4.69, 9.17) is 4.98 Å². The Balaban J connectivity index is 1.65. The van der Waals surface area contributed by atoms with E-state index >= 15 is 0 Å². The van der Waals surface area contributed by atoms with Crippen molar-refractivity contribution in [1.29, 1.82) is 0 Å². The van der Waals surface area contributed by atoms with E-state index in [0.29, 0.717) is 11.8 Å². The number of fused-ring (bicyclic) bond motifs is 2. The number of aryl methyl sites for hydroxylation is 1. The molecule has 1 saturated heterocycles. The summed E-state index contributed by atoms with van der Waals surface area (Å²) in [5.41, 5.74) is 1.83. The number of hydrogen-bond acceptors (Lipinski definition) is 4. The van der Waals surface area contributed by atoms with Crippen molar-refractivity contribution < 1.29 is 4.79 Å². The van der Waals surface area contributed by atoms with Crippen molar-refractivity contribution in [2.24, 2.45) is 17.8 Å². The third-order valence-electron chi connectivity index (χ3n) is 5.42. The summed E-state index contributed by atoms with van der Waals surface area (Å²) in [6.45, 7) is 8.14. The Morgan fingerprint density at radius 2 is 2.12 bits per heavy atom. The first-order valence-electron chi connectivity index (χ1n) is 8.49. The fraction of sp³-hybridized carbons (Fsp3) is 0.556. The molecule has 1 aliphatic heterocycles.